The van der Waals surface area contributed by atoms with Crippen molar-refractivity contribution < 1.29 is 0 Å². The van der Waals surface area contributed by atoms with Crippen LogP contribution in [0.15, 0.2) is 304 Å². The molecule has 0 spiro atoms. The number of fused-ring (bicyclic) bond motifs is 7. The van der Waals surface area contributed by atoms with Crippen LogP contribution in [0.1, 0.15) is 30.7 Å². The highest BCUT2D eigenvalue weighted by Crippen LogP contribution is 2.82. The van der Waals surface area contributed by atoms with E-state index >= 15 is 0 Å². The molecule has 4 aliphatic rings. The average Bonchev–Trinajstić information content (AvgIpc) is 1.56. The summed E-state index contributed by atoms with van der Waals surface area (Å²) in [4.78, 5) is 27.6. The molecule has 428 valence electrons. The highest BCUT2D eigenvalue weighted by Gasteiger charge is 2.45. The van der Waals surface area contributed by atoms with Gasteiger partial charge in [-0.25, -0.2) is 15.0 Å². The van der Waals surface area contributed by atoms with E-state index in [9.17, 15) is 0 Å². The van der Waals surface area contributed by atoms with Gasteiger partial charge < -0.3 is 9.13 Å². The van der Waals surface area contributed by atoms with Gasteiger partial charge in [0.2, 0.25) is 0 Å². The maximum atomic E-state index is 8.78. The maximum absolute atomic E-state index is 8.78. The van der Waals surface area contributed by atoms with E-state index in [1.54, 1.807) is 34.0 Å². The van der Waals surface area contributed by atoms with Crippen LogP contribution < -0.4 is 0 Å². The largest absolute Gasteiger partial charge is 0.305 e. The second kappa shape index (κ2) is 22.6. The van der Waals surface area contributed by atoms with E-state index in [0.29, 0.717) is 0 Å². The van der Waals surface area contributed by atoms with Gasteiger partial charge in [0, 0.05) is 106 Å². The number of thiazole rings is 3. The number of rotatable bonds is 12. The lowest BCUT2D eigenvalue weighted by Gasteiger charge is -2.39. The minimum absolute atomic E-state index is 0.205. The quantitative estimate of drug-likeness (QED) is 0.0724. The fourth-order valence-corrected chi connectivity index (χ4v) is 26.6. The molecule has 0 bridgehead atoms. The van der Waals surface area contributed by atoms with Crippen LogP contribution in [0.5, 0.6) is 0 Å². The minimum atomic E-state index is -1.92. The Morgan fingerprint density at radius 1 is 0.409 bits per heavy atom. The Bertz CT molecular complexity index is 4730. The van der Waals surface area contributed by atoms with Gasteiger partial charge in [-0.1, -0.05) is 111 Å². The monoisotopic (exact) mass is 1280 g/mol. The molecule has 14 heteroatoms. The van der Waals surface area contributed by atoms with Crippen molar-refractivity contribution in [3.63, 3.8) is 0 Å². The van der Waals surface area contributed by atoms with Crippen molar-refractivity contribution in [3.05, 3.63) is 282 Å². The van der Waals surface area contributed by atoms with E-state index in [2.05, 4.69) is 257 Å². The van der Waals surface area contributed by atoms with Crippen molar-refractivity contribution in [2.24, 2.45) is 0 Å². The third-order valence-corrected chi connectivity index (χ3v) is 30.1. The molecular weight excluding hydrogens is 1230 g/mol. The highest BCUT2D eigenvalue weighted by atomic mass is 32.3. The zero-order valence-electron chi connectivity index (χ0n) is 47.6. The van der Waals surface area contributed by atoms with Gasteiger partial charge in [-0.05, 0) is 167 Å². The normalized spacial score (nSPS) is 16.9. The Kier molecular flexibility index (Phi) is 14.2. The zero-order chi connectivity index (χ0) is 59.1. The molecule has 4 aliphatic heterocycles. The van der Waals surface area contributed by atoms with Crippen LogP contribution in [0.4, 0.5) is 0 Å². The molecule has 0 saturated carbocycles. The first kappa shape index (κ1) is 55.4. The third kappa shape index (κ3) is 8.70. The van der Waals surface area contributed by atoms with Crippen molar-refractivity contribution >= 4 is 105 Å². The molecule has 0 amide bonds. The molecule has 17 rings (SSSR count). The fraction of sp³-hybridized carbons (Fsp3) is 0.0541. The first-order chi connectivity index (χ1) is 43.4. The van der Waals surface area contributed by atoms with E-state index < -0.39 is 20.1 Å². The predicted molar refractivity (Wildman–Crippen MR) is 379 cm³/mol. The van der Waals surface area contributed by atoms with Gasteiger partial charge in [-0.3, -0.25) is 5.41 Å². The first-order valence-corrected chi connectivity index (χ1v) is 37.2. The second-order valence-electron chi connectivity index (χ2n) is 21.2. The zero-order valence-corrected chi connectivity index (χ0v) is 54.2. The number of thiol groups is 1. The van der Waals surface area contributed by atoms with Crippen LogP contribution >= 0.6 is 90.2 Å². The van der Waals surface area contributed by atoms with Crippen molar-refractivity contribution in [2.45, 2.75) is 63.5 Å². The summed E-state index contributed by atoms with van der Waals surface area (Å²) < 4.78 is 4.51. The maximum Gasteiger partial charge on any atom is 0.140 e. The predicted octanol–water partition coefficient (Wildman–Crippen LogP) is 22.2. The van der Waals surface area contributed by atoms with Crippen LogP contribution in [0.2, 0.25) is 0 Å². The summed E-state index contributed by atoms with van der Waals surface area (Å²) in [5, 5.41) is 18.5. The van der Waals surface area contributed by atoms with E-state index in [1.165, 1.54) is 82.4 Å². The molecule has 88 heavy (non-hydrogen) atoms. The van der Waals surface area contributed by atoms with E-state index in [4.69, 9.17) is 20.4 Å². The molecule has 2 atom stereocenters. The van der Waals surface area contributed by atoms with Crippen molar-refractivity contribution in [3.8, 4) is 65.7 Å². The first-order valence-electron chi connectivity index (χ1n) is 29.1. The summed E-state index contributed by atoms with van der Waals surface area (Å²) in [6.45, 7) is 4.00. The van der Waals surface area contributed by atoms with Crippen molar-refractivity contribution in [1.29, 1.82) is 5.41 Å². The highest BCUT2D eigenvalue weighted by molar-refractivity contribution is 8.34. The van der Waals surface area contributed by atoms with Gasteiger partial charge in [0.1, 0.15) is 20.1 Å². The van der Waals surface area contributed by atoms with Crippen LogP contribution in [0.3, 0.4) is 0 Å². The lowest BCUT2D eigenvalue weighted by atomic mass is 10.0. The number of thioether (sulfide) groups is 2. The van der Waals surface area contributed by atoms with Crippen LogP contribution in [-0.2, 0) is 0 Å². The van der Waals surface area contributed by atoms with Crippen molar-refractivity contribution in [1.82, 2.24) is 24.1 Å². The molecule has 0 aliphatic carbocycles. The number of hydrogen-bond donors (Lipinski definition) is 2. The second-order valence-corrected chi connectivity index (χ2v) is 32.9. The summed E-state index contributed by atoms with van der Waals surface area (Å²) >= 11 is 13.5. The average molecular weight is 1280 g/mol. The fourth-order valence-electron chi connectivity index (χ4n) is 13.2. The Morgan fingerprint density at radius 3 is 1.11 bits per heavy atom. The Balaban J connectivity index is 0.00000309. The number of aromatic nitrogens is 5. The van der Waals surface area contributed by atoms with Gasteiger partial charge in [0.15, 0.2) is 0 Å². The van der Waals surface area contributed by atoms with Gasteiger partial charge in [-0.15, -0.1) is 90.2 Å². The standard InChI is InChI=1S/C72H48N6S8.C2H6/c73-69(79)57-25-26-58(70-74-33-36-80-70)77(57)47-23-31-67-55(41-47)53-39-45(21-29-65(53)85(67,49-13-5-1-6-14-49)50-15-7-2-8-16-50)61-43-63-64(83-61)44-62(84-63)46-22-30-66-54(40-46)56-42-48(78-59(71-75-34-37-81-71)27-28-60(78)72-76-35-38-82-72)24-32-68(56)86(66,51-17-9-3-10-18-51)52-19-11-4-12-20-52;1-2/h1-44,63-64H,(H2,73,79);1-2H3. The molecule has 1 N–H and O–H groups in total. The Labute approximate surface area is 541 Å². The SMILES string of the molecule is CC.N=C(S)c1ccc(-c2nccs2)n1-c1ccc2c(c1)-c1cc(C3=CC4SC(c5ccc6c(c5)-c5cc(-n7c(-c8nccs8)ccc7-c7nccs7)ccc5S6(c5ccccc5)c5ccccc5)=CC4S3)ccc1S2(c1ccccc1)c1ccccc1. The molecule has 0 radical (unpaired) electrons. The summed E-state index contributed by atoms with van der Waals surface area (Å²) in [5.41, 5.74) is 13.3. The summed E-state index contributed by atoms with van der Waals surface area (Å²) in [7, 11) is -3.81. The van der Waals surface area contributed by atoms with Crippen LogP contribution in [0, 0.1) is 5.41 Å². The van der Waals surface area contributed by atoms with Gasteiger partial charge in [0.05, 0.1) is 22.8 Å². The van der Waals surface area contributed by atoms with Gasteiger partial charge >= 0.3 is 0 Å². The smallest absolute Gasteiger partial charge is 0.140 e. The Hall–Kier alpha value is -7.89. The molecule has 0 fully saturated rings. The number of hydrogen-bond acceptors (Lipinski definition) is 9. The molecule has 8 aromatic carbocycles. The van der Waals surface area contributed by atoms with E-state index in [-0.39, 0.29) is 15.5 Å². The van der Waals surface area contributed by atoms with E-state index in [0.717, 1.165) is 49.2 Å². The summed E-state index contributed by atoms with van der Waals surface area (Å²) in [6, 6.07) is 81.9. The van der Waals surface area contributed by atoms with Crippen LogP contribution in [0.25, 0.3) is 75.5 Å². The molecule has 6 nitrogen and oxygen atoms in total. The molecule has 0 saturated heterocycles. The lowest BCUT2D eigenvalue weighted by Crippen LogP contribution is -2.05. The van der Waals surface area contributed by atoms with E-state index in [1.807, 2.05) is 67.4 Å². The van der Waals surface area contributed by atoms with Crippen molar-refractivity contribution in [2.75, 3.05) is 0 Å². The minimum Gasteiger partial charge on any atom is -0.305 e. The molecule has 5 aromatic heterocycles. The molecule has 13 aromatic rings. The summed E-state index contributed by atoms with van der Waals surface area (Å²) in [6.07, 6.45) is 10.7. The number of nitrogens with zero attached hydrogens (tertiary/aromatic N) is 5. The third-order valence-electron chi connectivity index (χ3n) is 16.7. The van der Waals surface area contributed by atoms with Crippen LogP contribution in [-0.4, -0.2) is 39.6 Å². The number of nitrogens with one attached hydrogen (secondary N) is 1. The number of benzene rings is 8. The molecular formula is C74H54N6S8. The summed E-state index contributed by atoms with van der Waals surface area (Å²) in [5.74, 6) is 0. The lowest BCUT2D eigenvalue weighted by molar-refractivity contribution is 1.06. The van der Waals surface area contributed by atoms with Gasteiger partial charge in [-0.2, -0.15) is 0 Å². The van der Waals surface area contributed by atoms with Gasteiger partial charge in [0.25, 0.3) is 0 Å². The molecule has 2 unspecified atom stereocenters. The topological polar surface area (TPSA) is 72.4 Å². The molecule has 9 heterocycles. The Morgan fingerprint density at radius 2 is 0.750 bits per heavy atom.